The third kappa shape index (κ3) is 2.23. The minimum absolute atomic E-state index is 0.131. The van der Waals surface area contributed by atoms with Crippen LogP contribution in [0.4, 0.5) is 0 Å². The average Bonchev–Trinajstić information content (AvgIpc) is 2.27. The van der Waals surface area contributed by atoms with E-state index in [9.17, 15) is 5.26 Å². The third-order valence-corrected chi connectivity index (χ3v) is 6.42. The zero-order chi connectivity index (χ0) is 13.4. The van der Waals surface area contributed by atoms with Gasteiger partial charge in [0.15, 0.2) is 0 Å². The number of rotatable bonds is 2. The summed E-state index contributed by atoms with van der Waals surface area (Å²) in [5.74, 6) is 1.25. The van der Waals surface area contributed by atoms with Crippen molar-refractivity contribution in [1.29, 1.82) is 5.26 Å². The van der Waals surface area contributed by atoms with E-state index in [1.807, 2.05) is 0 Å². The molecule has 2 fully saturated rings. The van der Waals surface area contributed by atoms with Gasteiger partial charge < -0.3 is 0 Å². The zero-order valence-electron chi connectivity index (χ0n) is 12.0. The predicted octanol–water partition coefficient (Wildman–Crippen LogP) is 5.14. The molecule has 0 spiro atoms. The Morgan fingerprint density at radius 3 is 2.56 bits per heavy atom. The molecule has 100 valence electrons. The fraction of sp³-hybridized carbons (Fsp3) is 0.812. The number of nitrogens with zero attached hydrogens (tertiary/aromatic N) is 1. The van der Waals surface area contributed by atoms with Crippen LogP contribution < -0.4 is 0 Å². The molecule has 1 nitrogen and oxygen atoms in total. The first-order valence-corrected chi connectivity index (χ1v) is 7.97. The Labute approximate surface area is 116 Å². The van der Waals surface area contributed by atoms with Crippen molar-refractivity contribution < 1.29 is 0 Å². The van der Waals surface area contributed by atoms with E-state index >= 15 is 0 Å². The average molecular weight is 263 g/mol. The lowest BCUT2D eigenvalue weighted by Crippen LogP contribution is -2.52. The first-order valence-electron chi connectivity index (χ1n) is 7.15. The van der Waals surface area contributed by atoms with Gasteiger partial charge in [-0.3, -0.25) is 0 Å². The van der Waals surface area contributed by atoms with E-state index in [2.05, 4.69) is 32.8 Å². The highest BCUT2D eigenvalue weighted by Gasteiger charge is 2.54. The minimum atomic E-state index is 0.131. The molecule has 0 bridgehead atoms. The number of nitriles is 1. The van der Waals surface area contributed by atoms with Crippen molar-refractivity contribution in [3.05, 3.63) is 12.2 Å². The Morgan fingerprint density at radius 1 is 1.28 bits per heavy atom. The van der Waals surface area contributed by atoms with Crippen molar-refractivity contribution in [2.75, 3.05) is 0 Å². The summed E-state index contributed by atoms with van der Waals surface area (Å²) in [6, 6.07) is 0. The molecule has 0 heterocycles. The SMILES string of the molecule is C=C(C)[C@H]1CCC[C@@]2(C)CCC[C@@](C)(SC#N)[C@@H]12. The predicted molar refractivity (Wildman–Crippen MR) is 79.2 cm³/mol. The Kier molecular flexibility index (Phi) is 3.83. The van der Waals surface area contributed by atoms with Crippen LogP contribution in [0.2, 0.25) is 0 Å². The number of allylic oxidation sites excluding steroid dienone is 1. The van der Waals surface area contributed by atoms with Crippen molar-refractivity contribution >= 4 is 11.8 Å². The topological polar surface area (TPSA) is 23.8 Å². The second kappa shape index (κ2) is 4.93. The molecule has 0 aromatic carbocycles. The molecule has 18 heavy (non-hydrogen) atoms. The number of hydrogen-bond donors (Lipinski definition) is 0. The maximum atomic E-state index is 9.17. The van der Waals surface area contributed by atoms with Crippen LogP contribution in [0, 0.1) is 27.9 Å². The van der Waals surface area contributed by atoms with Gasteiger partial charge in [-0.15, -0.1) is 0 Å². The van der Waals surface area contributed by atoms with E-state index in [0.29, 0.717) is 17.3 Å². The van der Waals surface area contributed by atoms with E-state index in [1.165, 1.54) is 55.9 Å². The summed E-state index contributed by atoms with van der Waals surface area (Å²) in [5, 5.41) is 11.5. The summed E-state index contributed by atoms with van der Waals surface area (Å²) < 4.78 is 0.131. The molecule has 0 N–H and O–H groups in total. The Bertz CT molecular complexity index is 379. The molecule has 0 amide bonds. The van der Waals surface area contributed by atoms with Gasteiger partial charge in [0.25, 0.3) is 0 Å². The van der Waals surface area contributed by atoms with E-state index < -0.39 is 0 Å². The number of thiocyanates is 1. The largest absolute Gasteiger partial charge is 0.185 e. The second-order valence-electron chi connectivity index (χ2n) is 6.84. The number of hydrogen-bond acceptors (Lipinski definition) is 2. The highest BCUT2D eigenvalue weighted by Crippen LogP contribution is 2.61. The van der Waals surface area contributed by atoms with Gasteiger partial charge in [0.1, 0.15) is 5.40 Å². The van der Waals surface area contributed by atoms with Gasteiger partial charge in [0, 0.05) is 4.75 Å². The van der Waals surface area contributed by atoms with Crippen LogP contribution in [0.5, 0.6) is 0 Å². The van der Waals surface area contributed by atoms with Gasteiger partial charge in [0.05, 0.1) is 0 Å². The molecule has 4 atom stereocenters. The van der Waals surface area contributed by atoms with E-state index in [0.717, 1.165) is 0 Å². The lowest BCUT2D eigenvalue weighted by atomic mass is 9.52. The van der Waals surface area contributed by atoms with Crippen LogP contribution >= 0.6 is 11.8 Å². The second-order valence-corrected chi connectivity index (χ2v) is 8.16. The molecule has 2 aliphatic carbocycles. The standard InChI is InChI=1S/C16H25NS/c1-12(2)13-7-5-8-15(3)9-6-10-16(4,14(13)15)18-11-17/h13-14H,1,5-10H2,2-4H3/t13-,14+,15+,16-/m1/s1. The molecule has 0 aliphatic heterocycles. The maximum absolute atomic E-state index is 9.17. The van der Waals surface area contributed by atoms with Crippen LogP contribution in [0.15, 0.2) is 12.2 Å². The van der Waals surface area contributed by atoms with Gasteiger partial charge in [-0.2, -0.15) is 5.26 Å². The van der Waals surface area contributed by atoms with Crippen LogP contribution in [-0.4, -0.2) is 4.75 Å². The molecular weight excluding hydrogens is 238 g/mol. The summed E-state index contributed by atoms with van der Waals surface area (Å²) in [5.41, 5.74) is 1.76. The molecule has 0 radical (unpaired) electrons. The zero-order valence-corrected chi connectivity index (χ0v) is 12.8. The van der Waals surface area contributed by atoms with Crippen LogP contribution in [0.3, 0.4) is 0 Å². The van der Waals surface area contributed by atoms with Gasteiger partial charge >= 0.3 is 0 Å². The highest BCUT2D eigenvalue weighted by molar-refractivity contribution is 8.05. The Balaban J connectivity index is 2.39. The van der Waals surface area contributed by atoms with Gasteiger partial charge in [-0.05, 0) is 68.5 Å². The molecular formula is C16H25NS. The van der Waals surface area contributed by atoms with Crippen LogP contribution in [0.25, 0.3) is 0 Å². The molecule has 2 aliphatic rings. The van der Waals surface area contributed by atoms with Crippen molar-refractivity contribution in [2.24, 2.45) is 17.3 Å². The number of thioether (sulfide) groups is 1. The minimum Gasteiger partial charge on any atom is -0.185 e. The summed E-state index contributed by atoms with van der Waals surface area (Å²) >= 11 is 1.52. The van der Waals surface area contributed by atoms with Gasteiger partial charge in [0.2, 0.25) is 0 Å². The van der Waals surface area contributed by atoms with Crippen molar-refractivity contribution in [2.45, 2.75) is 64.0 Å². The summed E-state index contributed by atoms with van der Waals surface area (Å²) in [6.07, 6.45) is 7.75. The fourth-order valence-electron chi connectivity index (χ4n) is 4.73. The third-order valence-electron chi connectivity index (χ3n) is 5.41. The molecule has 2 saturated carbocycles. The lowest BCUT2D eigenvalue weighted by molar-refractivity contribution is 0.00687. The van der Waals surface area contributed by atoms with Crippen LogP contribution in [0.1, 0.15) is 59.3 Å². The molecule has 2 heteroatoms. The van der Waals surface area contributed by atoms with E-state index in [-0.39, 0.29) is 4.75 Å². The van der Waals surface area contributed by atoms with Crippen molar-refractivity contribution in [1.82, 2.24) is 0 Å². The molecule has 0 aromatic heterocycles. The molecule has 0 aromatic rings. The van der Waals surface area contributed by atoms with Crippen LogP contribution in [-0.2, 0) is 0 Å². The Hall–Kier alpha value is -0.420. The highest BCUT2D eigenvalue weighted by atomic mass is 32.2. The summed E-state index contributed by atoms with van der Waals surface area (Å²) in [6.45, 7) is 11.2. The summed E-state index contributed by atoms with van der Waals surface area (Å²) in [7, 11) is 0. The smallest absolute Gasteiger partial charge is 0.133 e. The molecule has 0 unspecified atom stereocenters. The monoisotopic (exact) mass is 263 g/mol. The van der Waals surface area contributed by atoms with Gasteiger partial charge in [-0.25, -0.2) is 0 Å². The Morgan fingerprint density at radius 2 is 1.94 bits per heavy atom. The van der Waals surface area contributed by atoms with E-state index in [4.69, 9.17) is 0 Å². The van der Waals surface area contributed by atoms with Crippen molar-refractivity contribution in [3.63, 3.8) is 0 Å². The quantitative estimate of drug-likeness (QED) is 0.508. The first-order chi connectivity index (χ1) is 8.43. The van der Waals surface area contributed by atoms with E-state index in [1.54, 1.807) is 0 Å². The first kappa shape index (κ1) is 14.0. The number of fused-ring (bicyclic) bond motifs is 1. The maximum Gasteiger partial charge on any atom is 0.133 e. The normalized spacial score (nSPS) is 43.9. The summed E-state index contributed by atoms with van der Waals surface area (Å²) in [4.78, 5) is 0. The fourth-order valence-corrected chi connectivity index (χ4v) is 5.76. The van der Waals surface area contributed by atoms with Gasteiger partial charge in [-0.1, -0.05) is 31.9 Å². The molecule has 0 saturated heterocycles. The van der Waals surface area contributed by atoms with Crippen molar-refractivity contribution in [3.8, 4) is 5.40 Å². The lowest BCUT2D eigenvalue weighted by Gasteiger charge is -2.57. The molecule has 2 rings (SSSR count).